The van der Waals surface area contributed by atoms with Crippen LogP contribution in [0.4, 0.5) is 0 Å². The number of hydrogen-bond donors (Lipinski definition) is 0. The molecule has 6 heteroatoms. The number of hydrogen-bond acceptors (Lipinski definition) is 5. The maximum atomic E-state index is 12.4. The van der Waals surface area contributed by atoms with Crippen molar-refractivity contribution in [2.24, 2.45) is 0 Å². The minimum Gasteiger partial charge on any atom is -0.487 e. The van der Waals surface area contributed by atoms with Gasteiger partial charge in [0.1, 0.15) is 18.5 Å². The summed E-state index contributed by atoms with van der Waals surface area (Å²) in [6.07, 6.45) is 3.76. The van der Waals surface area contributed by atoms with Crippen molar-refractivity contribution in [3.63, 3.8) is 0 Å². The first kappa shape index (κ1) is 17.7. The lowest BCUT2D eigenvalue weighted by Crippen LogP contribution is -2.23. The highest BCUT2D eigenvalue weighted by atomic mass is 32.2. The molecule has 0 bridgehead atoms. The summed E-state index contributed by atoms with van der Waals surface area (Å²) in [4.78, 5) is 4.31. The van der Waals surface area contributed by atoms with E-state index in [1.807, 2.05) is 37.3 Å². The molecule has 1 unspecified atom stereocenters. The van der Waals surface area contributed by atoms with Gasteiger partial charge in [-0.1, -0.05) is 42.0 Å². The number of fused-ring (bicyclic) bond motifs is 1. The van der Waals surface area contributed by atoms with Gasteiger partial charge in [0.25, 0.3) is 10.1 Å². The summed E-state index contributed by atoms with van der Waals surface area (Å²) in [6, 6.07) is 16.4. The Hall–Kier alpha value is -2.70. The predicted octanol–water partition coefficient (Wildman–Crippen LogP) is 3.77. The Morgan fingerprint density at radius 3 is 2.67 bits per heavy atom. The van der Waals surface area contributed by atoms with E-state index in [2.05, 4.69) is 4.98 Å². The van der Waals surface area contributed by atoms with Crippen molar-refractivity contribution in [1.82, 2.24) is 4.98 Å². The lowest BCUT2D eigenvalue weighted by Gasteiger charge is -2.13. The number of aryl methyl sites for hydroxylation is 1. The molecule has 1 aliphatic rings. The van der Waals surface area contributed by atoms with Gasteiger partial charge < -0.3 is 4.74 Å². The van der Waals surface area contributed by atoms with Crippen LogP contribution >= 0.6 is 0 Å². The third-order valence-electron chi connectivity index (χ3n) is 4.52. The number of ether oxygens (including phenoxy) is 1. The quantitative estimate of drug-likeness (QED) is 0.630. The van der Waals surface area contributed by atoms with Crippen LogP contribution in [0.2, 0.25) is 0 Å². The van der Waals surface area contributed by atoms with Gasteiger partial charge in [0.05, 0.1) is 4.90 Å². The van der Waals surface area contributed by atoms with Crippen LogP contribution in [0.5, 0.6) is 5.75 Å². The minimum atomic E-state index is -3.80. The van der Waals surface area contributed by atoms with Crippen molar-refractivity contribution in [2.75, 3.05) is 6.61 Å². The fourth-order valence-corrected chi connectivity index (χ4v) is 4.06. The van der Waals surface area contributed by atoms with Gasteiger partial charge in [-0.25, -0.2) is 0 Å². The van der Waals surface area contributed by atoms with Crippen molar-refractivity contribution in [3.8, 4) is 16.9 Å². The van der Waals surface area contributed by atoms with Crippen LogP contribution in [0, 0.1) is 6.92 Å². The highest BCUT2D eigenvalue weighted by Gasteiger charge is 2.28. The van der Waals surface area contributed by atoms with Crippen LogP contribution in [0.15, 0.2) is 71.9 Å². The van der Waals surface area contributed by atoms with Gasteiger partial charge in [-0.05, 0) is 30.7 Å². The molecular weight excluding hydrogens is 362 g/mol. The zero-order valence-corrected chi connectivity index (χ0v) is 15.6. The summed E-state index contributed by atoms with van der Waals surface area (Å²) in [5, 5.41) is 0. The molecule has 1 aliphatic heterocycles. The molecule has 3 aromatic rings. The van der Waals surface area contributed by atoms with Crippen molar-refractivity contribution < 1.29 is 17.3 Å². The number of pyridine rings is 1. The molecule has 0 N–H and O–H groups in total. The molecule has 1 atom stereocenters. The standard InChI is InChI=1S/C21H19NO4S/c1-15-7-9-19(10-8-15)27(23,24)25-14-18-12-16-4-2-6-20(21(16)26-18)17-5-3-11-22-13-17/h2-11,13,18H,12,14H2,1H3. The van der Waals surface area contributed by atoms with E-state index in [0.717, 1.165) is 28.0 Å². The molecule has 0 radical (unpaired) electrons. The first-order chi connectivity index (χ1) is 13.0. The third-order valence-corrected chi connectivity index (χ3v) is 5.82. The number of benzene rings is 2. The molecular formula is C21H19NO4S. The number of rotatable bonds is 5. The maximum Gasteiger partial charge on any atom is 0.297 e. The molecule has 138 valence electrons. The van der Waals surface area contributed by atoms with Crippen LogP contribution in [-0.4, -0.2) is 26.1 Å². The van der Waals surface area contributed by atoms with E-state index in [1.165, 1.54) is 0 Å². The largest absolute Gasteiger partial charge is 0.487 e. The molecule has 0 saturated carbocycles. The Balaban J connectivity index is 1.49. The fraction of sp³-hybridized carbons (Fsp3) is 0.190. The van der Waals surface area contributed by atoms with Gasteiger partial charge in [0.2, 0.25) is 0 Å². The lowest BCUT2D eigenvalue weighted by molar-refractivity contribution is 0.152. The SMILES string of the molecule is Cc1ccc(S(=O)(=O)OCC2Cc3cccc(-c4cccnc4)c3O2)cc1. The molecule has 0 fully saturated rings. The van der Waals surface area contributed by atoms with Crippen LogP contribution in [0.25, 0.3) is 11.1 Å². The molecule has 0 aliphatic carbocycles. The summed E-state index contributed by atoms with van der Waals surface area (Å²) in [7, 11) is -3.80. The lowest BCUT2D eigenvalue weighted by atomic mass is 10.0. The van der Waals surface area contributed by atoms with Gasteiger partial charge in [-0.15, -0.1) is 0 Å². The molecule has 0 amide bonds. The van der Waals surface area contributed by atoms with Crippen LogP contribution < -0.4 is 4.74 Å². The second kappa shape index (κ2) is 7.13. The summed E-state index contributed by atoms with van der Waals surface area (Å²) < 4.78 is 36.0. The van der Waals surface area contributed by atoms with E-state index in [1.54, 1.807) is 36.7 Å². The Bertz CT molecular complexity index is 1050. The smallest absolute Gasteiger partial charge is 0.297 e. The van der Waals surface area contributed by atoms with Crippen LogP contribution in [0.3, 0.4) is 0 Å². The Kier molecular flexibility index (Phi) is 4.68. The summed E-state index contributed by atoms with van der Waals surface area (Å²) in [5.74, 6) is 0.770. The van der Waals surface area contributed by atoms with Gasteiger partial charge in [0.15, 0.2) is 0 Å². The number of aromatic nitrogens is 1. The summed E-state index contributed by atoms with van der Waals surface area (Å²) in [6.45, 7) is 1.87. The molecule has 5 nitrogen and oxygen atoms in total. The highest BCUT2D eigenvalue weighted by Crippen LogP contribution is 2.38. The Morgan fingerprint density at radius 2 is 1.93 bits per heavy atom. The van der Waals surface area contributed by atoms with Crippen LogP contribution in [0.1, 0.15) is 11.1 Å². The van der Waals surface area contributed by atoms with Crippen LogP contribution in [-0.2, 0) is 20.7 Å². The molecule has 2 heterocycles. The van der Waals surface area contributed by atoms with E-state index in [-0.39, 0.29) is 17.6 Å². The van der Waals surface area contributed by atoms with E-state index >= 15 is 0 Å². The zero-order valence-electron chi connectivity index (χ0n) is 14.8. The third kappa shape index (κ3) is 3.72. The monoisotopic (exact) mass is 381 g/mol. The van der Waals surface area contributed by atoms with Crippen molar-refractivity contribution in [1.29, 1.82) is 0 Å². The molecule has 27 heavy (non-hydrogen) atoms. The second-order valence-electron chi connectivity index (χ2n) is 6.53. The Labute approximate surface area is 158 Å². The minimum absolute atomic E-state index is 0.0304. The van der Waals surface area contributed by atoms with Crippen molar-refractivity contribution in [2.45, 2.75) is 24.3 Å². The molecule has 4 rings (SSSR count). The molecule has 2 aromatic carbocycles. The van der Waals surface area contributed by atoms with Gasteiger partial charge in [-0.3, -0.25) is 9.17 Å². The number of nitrogens with zero attached hydrogens (tertiary/aromatic N) is 1. The van der Waals surface area contributed by atoms with Gasteiger partial charge in [0, 0.05) is 29.9 Å². The summed E-state index contributed by atoms with van der Waals surface area (Å²) >= 11 is 0. The molecule has 1 aromatic heterocycles. The Morgan fingerprint density at radius 1 is 1.11 bits per heavy atom. The second-order valence-corrected chi connectivity index (χ2v) is 8.15. The van der Waals surface area contributed by atoms with Crippen molar-refractivity contribution >= 4 is 10.1 Å². The topological polar surface area (TPSA) is 65.5 Å². The van der Waals surface area contributed by atoms with E-state index in [9.17, 15) is 8.42 Å². The predicted molar refractivity (Wildman–Crippen MR) is 102 cm³/mol. The number of para-hydroxylation sites is 1. The van der Waals surface area contributed by atoms with Gasteiger partial charge in [-0.2, -0.15) is 8.42 Å². The first-order valence-electron chi connectivity index (χ1n) is 8.68. The van der Waals surface area contributed by atoms with E-state index in [0.29, 0.717) is 6.42 Å². The molecule has 0 saturated heterocycles. The van der Waals surface area contributed by atoms with E-state index < -0.39 is 10.1 Å². The first-order valence-corrected chi connectivity index (χ1v) is 10.1. The van der Waals surface area contributed by atoms with E-state index in [4.69, 9.17) is 8.92 Å². The normalized spacial score (nSPS) is 16.0. The molecule has 0 spiro atoms. The zero-order chi connectivity index (χ0) is 18.9. The average Bonchev–Trinajstić information content (AvgIpc) is 3.11. The maximum absolute atomic E-state index is 12.4. The summed E-state index contributed by atoms with van der Waals surface area (Å²) in [5.41, 5.74) is 3.94. The highest BCUT2D eigenvalue weighted by molar-refractivity contribution is 7.86. The van der Waals surface area contributed by atoms with Gasteiger partial charge >= 0.3 is 0 Å². The van der Waals surface area contributed by atoms with Crippen molar-refractivity contribution in [3.05, 3.63) is 78.1 Å². The average molecular weight is 381 g/mol. The fourth-order valence-electron chi connectivity index (χ4n) is 3.12.